The lowest BCUT2D eigenvalue weighted by atomic mass is 10.1. The number of hydrogen-bond acceptors (Lipinski definition) is 3. The Morgan fingerprint density at radius 3 is 3.00 bits per heavy atom. The van der Waals surface area contributed by atoms with Gasteiger partial charge in [-0.25, -0.2) is 0 Å². The largest absolute Gasteiger partial charge is 0.375 e. The Labute approximate surface area is 98.1 Å². The fraction of sp³-hybridized carbons (Fsp3) is 0.917. The molecule has 0 aromatic rings. The molecule has 2 N–H and O–H groups in total. The van der Waals surface area contributed by atoms with Crippen LogP contribution in [0.3, 0.4) is 0 Å². The Morgan fingerprint density at radius 1 is 1.56 bits per heavy atom. The zero-order valence-electron chi connectivity index (χ0n) is 10.6. The number of carbonyl (C=O) groups is 1. The van der Waals surface area contributed by atoms with Gasteiger partial charge in [0.15, 0.2) is 0 Å². The van der Waals surface area contributed by atoms with Crippen LogP contribution in [0.1, 0.15) is 40.0 Å². The second-order valence-electron chi connectivity index (χ2n) is 4.97. The summed E-state index contributed by atoms with van der Waals surface area (Å²) in [5, 5.41) is 6.32. The van der Waals surface area contributed by atoms with Gasteiger partial charge in [-0.3, -0.25) is 4.79 Å². The summed E-state index contributed by atoms with van der Waals surface area (Å²) < 4.78 is 5.62. The summed E-state index contributed by atoms with van der Waals surface area (Å²) in [6, 6.07) is 0.294. The van der Waals surface area contributed by atoms with Crippen molar-refractivity contribution in [1.82, 2.24) is 10.6 Å². The molecule has 4 heteroatoms. The number of nitrogens with one attached hydrogen (secondary N) is 2. The first-order chi connectivity index (χ1) is 7.53. The summed E-state index contributed by atoms with van der Waals surface area (Å²) in [5.74, 6) is 0.157. The van der Waals surface area contributed by atoms with Crippen LogP contribution in [0.25, 0.3) is 0 Å². The van der Waals surface area contributed by atoms with Crippen LogP contribution in [0.4, 0.5) is 0 Å². The van der Waals surface area contributed by atoms with Gasteiger partial charge in [0.1, 0.15) is 0 Å². The summed E-state index contributed by atoms with van der Waals surface area (Å²) >= 11 is 0. The first kappa shape index (κ1) is 13.5. The molecule has 0 aromatic carbocycles. The van der Waals surface area contributed by atoms with Crippen LogP contribution < -0.4 is 10.6 Å². The normalized spacial score (nSPS) is 22.7. The Morgan fingerprint density at radius 2 is 2.31 bits per heavy atom. The van der Waals surface area contributed by atoms with Crippen molar-refractivity contribution in [2.24, 2.45) is 0 Å². The predicted molar refractivity (Wildman–Crippen MR) is 64.4 cm³/mol. The average Bonchev–Trinajstić information content (AvgIpc) is 2.40. The molecule has 1 saturated heterocycles. The van der Waals surface area contributed by atoms with Crippen molar-refractivity contribution < 1.29 is 9.53 Å². The second kappa shape index (κ2) is 6.21. The molecule has 1 aliphatic heterocycles. The van der Waals surface area contributed by atoms with Gasteiger partial charge >= 0.3 is 0 Å². The molecule has 1 amide bonds. The van der Waals surface area contributed by atoms with Gasteiger partial charge in [-0.2, -0.15) is 0 Å². The Kier molecular flexibility index (Phi) is 5.22. The number of rotatable bonds is 5. The van der Waals surface area contributed by atoms with Gasteiger partial charge in [0.2, 0.25) is 5.91 Å². The Bertz CT molecular complexity index is 229. The molecule has 1 fully saturated rings. The van der Waals surface area contributed by atoms with Crippen LogP contribution >= 0.6 is 0 Å². The third-order valence-electron chi connectivity index (χ3n) is 2.83. The van der Waals surface area contributed by atoms with E-state index in [1.807, 2.05) is 6.92 Å². The predicted octanol–water partition coefficient (Wildman–Crippen LogP) is 1.06. The zero-order chi connectivity index (χ0) is 12.0. The molecule has 0 radical (unpaired) electrons. The molecule has 1 aliphatic rings. The molecule has 94 valence electrons. The number of amides is 1. The standard InChI is InChI=1S/C12H24N2O2/c1-4-16-12(2,3)9-14-10-6-5-7-13-11(15)8-10/h10,14H,4-9H2,1-3H3,(H,13,15). The van der Waals surface area contributed by atoms with Crippen molar-refractivity contribution in [2.75, 3.05) is 19.7 Å². The van der Waals surface area contributed by atoms with Crippen LogP contribution in [0.5, 0.6) is 0 Å². The molecule has 0 aromatic heterocycles. The van der Waals surface area contributed by atoms with Gasteiger partial charge in [-0.15, -0.1) is 0 Å². The van der Waals surface area contributed by atoms with E-state index >= 15 is 0 Å². The van der Waals surface area contributed by atoms with Crippen LogP contribution in [-0.2, 0) is 9.53 Å². The van der Waals surface area contributed by atoms with E-state index in [1.165, 1.54) is 0 Å². The van der Waals surface area contributed by atoms with E-state index in [0.717, 1.165) is 32.5 Å². The highest BCUT2D eigenvalue weighted by Gasteiger charge is 2.22. The highest BCUT2D eigenvalue weighted by Crippen LogP contribution is 2.11. The monoisotopic (exact) mass is 228 g/mol. The molecule has 0 saturated carbocycles. The Balaban J connectivity index is 2.32. The van der Waals surface area contributed by atoms with Crippen molar-refractivity contribution in [3.63, 3.8) is 0 Å². The van der Waals surface area contributed by atoms with E-state index in [2.05, 4.69) is 24.5 Å². The summed E-state index contributed by atoms with van der Waals surface area (Å²) in [5.41, 5.74) is -0.155. The highest BCUT2D eigenvalue weighted by atomic mass is 16.5. The molecular weight excluding hydrogens is 204 g/mol. The Hall–Kier alpha value is -0.610. The molecule has 1 heterocycles. The van der Waals surface area contributed by atoms with E-state index in [4.69, 9.17) is 4.74 Å². The fourth-order valence-corrected chi connectivity index (χ4v) is 1.98. The molecule has 0 bridgehead atoms. The van der Waals surface area contributed by atoms with Gasteiger partial charge in [0.25, 0.3) is 0 Å². The smallest absolute Gasteiger partial charge is 0.221 e. The van der Waals surface area contributed by atoms with E-state index in [0.29, 0.717) is 12.5 Å². The topological polar surface area (TPSA) is 50.4 Å². The molecular formula is C12H24N2O2. The minimum atomic E-state index is -0.155. The van der Waals surface area contributed by atoms with Gasteiger partial charge in [0, 0.05) is 32.2 Å². The minimum Gasteiger partial charge on any atom is -0.375 e. The number of ether oxygens (including phenoxy) is 1. The quantitative estimate of drug-likeness (QED) is 0.740. The van der Waals surface area contributed by atoms with Gasteiger partial charge in [-0.1, -0.05) is 0 Å². The molecule has 4 nitrogen and oxygen atoms in total. The first-order valence-corrected chi connectivity index (χ1v) is 6.17. The van der Waals surface area contributed by atoms with Crippen LogP contribution in [0, 0.1) is 0 Å². The molecule has 0 aliphatic carbocycles. The third-order valence-corrected chi connectivity index (χ3v) is 2.83. The molecule has 1 unspecified atom stereocenters. The lowest BCUT2D eigenvalue weighted by molar-refractivity contribution is -0.121. The van der Waals surface area contributed by atoms with Crippen molar-refractivity contribution in [2.45, 2.75) is 51.7 Å². The van der Waals surface area contributed by atoms with Gasteiger partial charge < -0.3 is 15.4 Å². The highest BCUT2D eigenvalue weighted by molar-refractivity contribution is 5.76. The summed E-state index contributed by atoms with van der Waals surface area (Å²) in [7, 11) is 0. The maximum absolute atomic E-state index is 11.4. The lowest BCUT2D eigenvalue weighted by Gasteiger charge is -2.27. The summed E-state index contributed by atoms with van der Waals surface area (Å²) in [6.07, 6.45) is 2.70. The van der Waals surface area contributed by atoms with Crippen molar-refractivity contribution >= 4 is 5.91 Å². The SMILES string of the molecule is CCOC(C)(C)CNC1CCCNC(=O)C1. The maximum Gasteiger partial charge on any atom is 0.221 e. The van der Waals surface area contributed by atoms with E-state index < -0.39 is 0 Å². The van der Waals surface area contributed by atoms with Crippen LogP contribution in [-0.4, -0.2) is 37.2 Å². The van der Waals surface area contributed by atoms with E-state index in [1.54, 1.807) is 0 Å². The van der Waals surface area contributed by atoms with Crippen LogP contribution in [0.15, 0.2) is 0 Å². The summed E-state index contributed by atoms with van der Waals surface area (Å²) in [6.45, 7) is 8.46. The van der Waals surface area contributed by atoms with Crippen molar-refractivity contribution in [1.29, 1.82) is 0 Å². The van der Waals surface area contributed by atoms with Crippen LogP contribution in [0.2, 0.25) is 0 Å². The van der Waals surface area contributed by atoms with Gasteiger partial charge in [0.05, 0.1) is 5.60 Å². The van der Waals surface area contributed by atoms with Crippen molar-refractivity contribution in [3.05, 3.63) is 0 Å². The van der Waals surface area contributed by atoms with E-state index in [9.17, 15) is 4.79 Å². The average molecular weight is 228 g/mol. The third kappa shape index (κ3) is 4.94. The zero-order valence-corrected chi connectivity index (χ0v) is 10.6. The lowest BCUT2D eigenvalue weighted by Crippen LogP contribution is -2.43. The first-order valence-electron chi connectivity index (χ1n) is 6.17. The minimum absolute atomic E-state index is 0.155. The maximum atomic E-state index is 11.4. The van der Waals surface area contributed by atoms with E-state index in [-0.39, 0.29) is 11.5 Å². The van der Waals surface area contributed by atoms with Crippen molar-refractivity contribution in [3.8, 4) is 0 Å². The molecule has 1 rings (SSSR count). The van der Waals surface area contributed by atoms with Gasteiger partial charge in [-0.05, 0) is 33.6 Å². The molecule has 16 heavy (non-hydrogen) atoms. The number of carbonyl (C=O) groups excluding carboxylic acids is 1. The second-order valence-corrected chi connectivity index (χ2v) is 4.97. The molecule has 0 spiro atoms. The fourth-order valence-electron chi connectivity index (χ4n) is 1.98. The number of hydrogen-bond donors (Lipinski definition) is 2. The summed E-state index contributed by atoms with van der Waals surface area (Å²) in [4.78, 5) is 11.4. The molecule has 1 atom stereocenters.